The Hall–Kier alpha value is -3.39. The monoisotopic (exact) mass is 482 g/mol. The van der Waals surface area contributed by atoms with Crippen LogP contribution in [0.25, 0.3) is 11.1 Å². The van der Waals surface area contributed by atoms with Gasteiger partial charge in [0.15, 0.2) is 0 Å². The van der Waals surface area contributed by atoms with E-state index in [4.69, 9.17) is 9.47 Å². The molecule has 2 aromatic carbocycles. The van der Waals surface area contributed by atoms with Crippen molar-refractivity contribution in [3.63, 3.8) is 0 Å². The Morgan fingerprint density at radius 2 is 1.63 bits per heavy atom. The van der Waals surface area contributed by atoms with E-state index in [-0.39, 0.29) is 31.4 Å². The number of hydrogen-bond acceptors (Lipinski definition) is 5. The molecule has 0 bridgehead atoms. The second kappa shape index (κ2) is 11.8. The van der Waals surface area contributed by atoms with Gasteiger partial charge in [-0.1, -0.05) is 48.5 Å². The number of aliphatic carboxylic acids is 1. The number of carbonyl (C=O) groups is 3. The van der Waals surface area contributed by atoms with E-state index in [1.165, 1.54) is 0 Å². The van der Waals surface area contributed by atoms with Gasteiger partial charge < -0.3 is 25.2 Å². The highest BCUT2D eigenvalue weighted by atomic mass is 16.5. The molecule has 8 nitrogen and oxygen atoms in total. The molecule has 35 heavy (non-hydrogen) atoms. The Labute approximate surface area is 206 Å². The highest BCUT2D eigenvalue weighted by Crippen LogP contribution is 2.44. The van der Waals surface area contributed by atoms with Gasteiger partial charge in [0.2, 0.25) is 5.91 Å². The van der Waals surface area contributed by atoms with Gasteiger partial charge in [-0.25, -0.2) is 4.79 Å². The van der Waals surface area contributed by atoms with E-state index in [2.05, 4.69) is 22.8 Å². The Morgan fingerprint density at radius 3 is 2.20 bits per heavy atom. The predicted octanol–water partition coefficient (Wildman–Crippen LogP) is 3.94. The molecule has 0 saturated heterocycles. The Morgan fingerprint density at radius 1 is 1.03 bits per heavy atom. The fourth-order valence-corrected chi connectivity index (χ4v) is 4.21. The molecule has 2 aromatic rings. The lowest BCUT2D eigenvalue weighted by molar-refractivity contribution is -0.147. The van der Waals surface area contributed by atoms with Crippen LogP contribution in [0.15, 0.2) is 48.5 Å². The van der Waals surface area contributed by atoms with Crippen LogP contribution in [0.5, 0.6) is 0 Å². The van der Waals surface area contributed by atoms with Gasteiger partial charge in [-0.15, -0.1) is 0 Å². The minimum atomic E-state index is -0.959. The van der Waals surface area contributed by atoms with Gasteiger partial charge in [0.25, 0.3) is 0 Å². The number of carbonyl (C=O) groups excluding carboxylic acids is 2. The molecule has 0 heterocycles. The number of methoxy groups -OCH3 is 1. The summed E-state index contributed by atoms with van der Waals surface area (Å²) < 4.78 is 10.6. The number of rotatable bonds is 12. The molecule has 0 saturated carbocycles. The molecule has 1 aliphatic carbocycles. The van der Waals surface area contributed by atoms with Crippen LogP contribution in [0.1, 0.15) is 50.2 Å². The van der Waals surface area contributed by atoms with E-state index in [1.807, 2.05) is 36.4 Å². The van der Waals surface area contributed by atoms with Crippen molar-refractivity contribution in [2.45, 2.75) is 45.1 Å². The topological polar surface area (TPSA) is 114 Å². The molecule has 0 spiro atoms. The smallest absolute Gasteiger partial charge is 0.407 e. The average Bonchev–Trinajstić information content (AvgIpc) is 3.15. The summed E-state index contributed by atoms with van der Waals surface area (Å²) in [6.45, 7) is 3.99. The lowest BCUT2D eigenvalue weighted by Gasteiger charge is -2.22. The number of hydrogen-bond donors (Lipinski definition) is 3. The first-order valence-corrected chi connectivity index (χ1v) is 11.9. The van der Waals surface area contributed by atoms with Crippen molar-refractivity contribution in [2.24, 2.45) is 5.41 Å². The summed E-state index contributed by atoms with van der Waals surface area (Å²) in [5.74, 6) is -1.39. The summed E-state index contributed by atoms with van der Waals surface area (Å²) in [4.78, 5) is 36.7. The number of carboxylic acid groups (broad SMARTS) is 1. The van der Waals surface area contributed by atoms with Gasteiger partial charge in [0, 0.05) is 26.2 Å². The number of carboxylic acids is 1. The fraction of sp³-hybridized carbons (Fsp3) is 0.444. The van der Waals surface area contributed by atoms with Crippen LogP contribution >= 0.6 is 0 Å². The van der Waals surface area contributed by atoms with Crippen LogP contribution in [0.2, 0.25) is 0 Å². The molecular weight excluding hydrogens is 448 g/mol. The van der Waals surface area contributed by atoms with Crippen molar-refractivity contribution in [1.29, 1.82) is 0 Å². The molecule has 1 unspecified atom stereocenters. The number of benzene rings is 2. The van der Waals surface area contributed by atoms with Gasteiger partial charge in [0.1, 0.15) is 12.6 Å². The molecule has 0 fully saturated rings. The second-order valence-corrected chi connectivity index (χ2v) is 9.39. The third kappa shape index (κ3) is 6.60. The maximum Gasteiger partial charge on any atom is 0.407 e. The van der Waals surface area contributed by atoms with Crippen LogP contribution < -0.4 is 10.6 Å². The van der Waals surface area contributed by atoms with E-state index >= 15 is 0 Å². The average molecular weight is 483 g/mol. The summed E-state index contributed by atoms with van der Waals surface area (Å²) in [7, 11) is 1.57. The molecule has 0 aliphatic heterocycles. The van der Waals surface area contributed by atoms with Gasteiger partial charge in [0.05, 0.1) is 5.41 Å². The van der Waals surface area contributed by atoms with Crippen LogP contribution in [0, 0.1) is 5.41 Å². The number of fused-ring (bicyclic) bond motifs is 3. The number of amides is 2. The van der Waals surface area contributed by atoms with Crippen molar-refractivity contribution in [3.05, 3.63) is 59.7 Å². The molecule has 3 N–H and O–H groups in total. The molecule has 188 valence electrons. The molecule has 8 heteroatoms. The lowest BCUT2D eigenvalue weighted by atomic mass is 9.89. The summed E-state index contributed by atoms with van der Waals surface area (Å²) in [5.41, 5.74) is 3.53. The molecular formula is C27H34N2O6. The third-order valence-corrected chi connectivity index (χ3v) is 6.42. The normalized spacial score (nSPS) is 13.5. The van der Waals surface area contributed by atoms with E-state index in [0.717, 1.165) is 22.3 Å². The van der Waals surface area contributed by atoms with Crippen molar-refractivity contribution in [2.75, 3.05) is 26.9 Å². The van der Waals surface area contributed by atoms with E-state index in [0.29, 0.717) is 19.4 Å². The lowest BCUT2D eigenvalue weighted by Crippen LogP contribution is -2.48. The van der Waals surface area contributed by atoms with E-state index in [1.54, 1.807) is 21.0 Å². The quantitative estimate of drug-likeness (QED) is 0.395. The molecule has 0 radical (unpaired) electrons. The molecule has 1 atom stereocenters. The van der Waals surface area contributed by atoms with Crippen LogP contribution in [-0.4, -0.2) is 56.0 Å². The summed E-state index contributed by atoms with van der Waals surface area (Å²) >= 11 is 0. The van der Waals surface area contributed by atoms with E-state index < -0.39 is 23.5 Å². The van der Waals surface area contributed by atoms with Crippen LogP contribution in [0.3, 0.4) is 0 Å². The molecule has 0 aromatic heterocycles. The highest BCUT2D eigenvalue weighted by molar-refractivity contribution is 5.85. The SMILES string of the molecule is COCCCC(NC(=O)OCC1c2ccccc2-c2ccccc21)C(=O)NCCC(C)(C)C(=O)O. The maximum absolute atomic E-state index is 12.7. The van der Waals surface area contributed by atoms with Crippen LogP contribution in [-0.2, 0) is 19.1 Å². The Kier molecular flexibility index (Phi) is 8.87. The van der Waals surface area contributed by atoms with Crippen molar-refractivity contribution >= 4 is 18.0 Å². The minimum Gasteiger partial charge on any atom is -0.481 e. The molecule has 1 aliphatic rings. The number of ether oxygens (including phenoxy) is 2. The number of nitrogens with one attached hydrogen (secondary N) is 2. The summed E-state index contributed by atoms with van der Waals surface area (Å²) in [6, 6.07) is 15.3. The maximum atomic E-state index is 12.7. The van der Waals surface area contributed by atoms with Gasteiger partial charge in [-0.05, 0) is 55.4 Å². The molecule has 2 amide bonds. The first-order chi connectivity index (χ1) is 16.7. The zero-order valence-corrected chi connectivity index (χ0v) is 20.5. The van der Waals surface area contributed by atoms with E-state index in [9.17, 15) is 19.5 Å². The van der Waals surface area contributed by atoms with Gasteiger partial charge >= 0.3 is 12.1 Å². The standard InChI is InChI=1S/C27H34N2O6/c1-27(2,25(31)32)14-15-28-24(30)23(13-8-16-34-3)29-26(33)35-17-22-20-11-6-4-9-18(20)19-10-5-7-12-21(19)22/h4-7,9-12,22-23H,8,13-17H2,1-3H3,(H,28,30)(H,29,33)(H,31,32). The second-order valence-electron chi connectivity index (χ2n) is 9.39. The van der Waals surface area contributed by atoms with Crippen molar-refractivity contribution in [3.8, 4) is 11.1 Å². The Bertz CT molecular complexity index is 1010. The zero-order chi connectivity index (χ0) is 25.4. The summed E-state index contributed by atoms with van der Waals surface area (Å²) in [5, 5.41) is 14.7. The fourth-order valence-electron chi connectivity index (χ4n) is 4.21. The van der Waals surface area contributed by atoms with Crippen LogP contribution in [0.4, 0.5) is 4.79 Å². The summed E-state index contributed by atoms with van der Waals surface area (Å²) in [6.07, 6.45) is 0.532. The first-order valence-electron chi connectivity index (χ1n) is 11.9. The minimum absolute atomic E-state index is 0.0767. The van der Waals surface area contributed by atoms with Crippen molar-refractivity contribution in [1.82, 2.24) is 10.6 Å². The number of alkyl carbamates (subject to hydrolysis) is 1. The molecule has 3 rings (SSSR count). The predicted molar refractivity (Wildman–Crippen MR) is 132 cm³/mol. The largest absolute Gasteiger partial charge is 0.481 e. The van der Waals surface area contributed by atoms with Gasteiger partial charge in [-0.3, -0.25) is 9.59 Å². The highest BCUT2D eigenvalue weighted by Gasteiger charge is 2.30. The van der Waals surface area contributed by atoms with Gasteiger partial charge in [-0.2, -0.15) is 0 Å². The Balaban J connectivity index is 1.59. The zero-order valence-electron chi connectivity index (χ0n) is 20.5. The van der Waals surface area contributed by atoms with Crippen molar-refractivity contribution < 1.29 is 29.0 Å². The first kappa shape index (κ1) is 26.2. The third-order valence-electron chi connectivity index (χ3n) is 6.42.